The number of alkyl halides is 3. The van der Waals surface area contributed by atoms with Gasteiger partial charge in [0.15, 0.2) is 0 Å². The van der Waals surface area contributed by atoms with Crippen molar-refractivity contribution in [2.45, 2.75) is 58.3 Å². The number of fused-ring (bicyclic) bond motifs is 1. The molecule has 224 valence electrons. The van der Waals surface area contributed by atoms with E-state index in [-0.39, 0.29) is 23.6 Å². The third kappa shape index (κ3) is 8.32. The van der Waals surface area contributed by atoms with Gasteiger partial charge in [0, 0.05) is 19.2 Å². The van der Waals surface area contributed by atoms with Crippen molar-refractivity contribution in [3.05, 3.63) is 94.0 Å². The monoisotopic (exact) mass is 585 g/mol. The third-order valence-corrected chi connectivity index (χ3v) is 7.03. The van der Waals surface area contributed by atoms with Crippen molar-refractivity contribution in [1.29, 1.82) is 0 Å². The molecule has 5 N–H and O–H groups in total. The summed E-state index contributed by atoms with van der Waals surface area (Å²) in [5, 5.41) is 20.1. The van der Waals surface area contributed by atoms with Gasteiger partial charge in [-0.2, -0.15) is 13.2 Å². The second-order valence-electron chi connectivity index (χ2n) is 10.2. The predicted octanol–water partition coefficient (Wildman–Crippen LogP) is 4.72. The number of hydrogen-bond donors (Lipinski definition) is 4. The van der Waals surface area contributed by atoms with Gasteiger partial charge in [0.1, 0.15) is 5.75 Å². The van der Waals surface area contributed by atoms with Crippen molar-refractivity contribution in [3.63, 3.8) is 0 Å². The van der Waals surface area contributed by atoms with Crippen LogP contribution < -0.4 is 16.0 Å². The molecule has 2 amide bonds. The number of aryl methyl sites for hydroxylation is 2. The molecule has 1 aliphatic rings. The smallest absolute Gasteiger partial charge is 0.490 e. The zero-order valence-electron chi connectivity index (χ0n) is 23.5. The number of phenolic OH excluding ortho intramolecular Hbond substituents is 1. The van der Waals surface area contributed by atoms with Crippen molar-refractivity contribution < 1.29 is 37.8 Å². The van der Waals surface area contributed by atoms with Crippen molar-refractivity contribution in [2.75, 3.05) is 11.4 Å². The SMILES string of the molecule is CC(=O)N1CC[C@@H](NC(=O)[C@@H](N)Cc2c(C)cc(O)cc2C)c2cc(Cc3ccccc3)ccc21.O=C(O)C(F)(F)F. The van der Waals surface area contributed by atoms with Gasteiger partial charge in [-0.15, -0.1) is 0 Å². The summed E-state index contributed by atoms with van der Waals surface area (Å²) in [6, 6.07) is 18.8. The van der Waals surface area contributed by atoms with E-state index >= 15 is 0 Å². The maximum Gasteiger partial charge on any atom is 0.490 e. The molecule has 0 fully saturated rings. The number of amides is 2. The lowest BCUT2D eigenvalue weighted by Gasteiger charge is -2.35. The van der Waals surface area contributed by atoms with Crippen LogP contribution in [0.3, 0.4) is 0 Å². The normalized spacial score (nSPS) is 15.1. The number of rotatable bonds is 6. The van der Waals surface area contributed by atoms with Crippen LogP contribution in [0.5, 0.6) is 5.75 Å². The molecule has 1 aliphatic heterocycles. The zero-order chi connectivity index (χ0) is 31.2. The number of carbonyl (C=O) groups excluding carboxylic acids is 2. The fourth-order valence-electron chi connectivity index (χ4n) is 4.97. The van der Waals surface area contributed by atoms with E-state index in [0.717, 1.165) is 39.9 Å². The summed E-state index contributed by atoms with van der Waals surface area (Å²) in [5.41, 5.74) is 13.2. The van der Waals surface area contributed by atoms with Crippen molar-refractivity contribution in [3.8, 4) is 5.75 Å². The highest BCUT2D eigenvalue weighted by Crippen LogP contribution is 2.35. The predicted molar refractivity (Wildman–Crippen MR) is 152 cm³/mol. The standard InChI is InChI=1S/C29H33N3O3.C2HF3O2/c1-18-13-23(34)14-19(2)24(18)17-26(30)29(35)31-27-11-12-32(20(3)33)28-10-9-22(16-25(27)28)15-21-7-5-4-6-8-21;3-2(4,5)1(6)7/h4-10,13-14,16,26-27,34H,11-12,15,17,30H2,1-3H3,(H,31,35);(H,6,7)/t26-,27+;/m0./s1. The summed E-state index contributed by atoms with van der Waals surface area (Å²) < 4.78 is 31.7. The van der Waals surface area contributed by atoms with E-state index in [1.54, 1.807) is 24.0 Å². The van der Waals surface area contributed by atoms with Gasteiger partial charge in [0.2, 0.25) is 11.8 Å². The largest absolute Gasteiger partial charge is 0.508 e. The van der Waals surface area contributed by atoms with Gasteiger partial charge < -0.3 is 26.2 Å². The van der Waals surface area contributed by atoms with Crippen molar-refractivity contribution >= 4 is 23.5 Å². The highest BCUT2D eigenvalue weighted by atomic mass is 19.4. The topological polar surface area (TPSA) is 133 Å². The summed E-state index contributed by atoms with van der Waals surface area (Å²) in [4.78, 5) is 36.1. The highest BCUT2D eigenvalue weighted by molar-refractivity contribution is 5.93. The maximum absolute atomic E-state index is 13.1. The molecular formula is C31H34F3N3O5. The van der Waals surface area contributed by atoms with Gasteiger partial charge in [-0.1, -0.05) is 42.5 Å². The molecule has 2 atom stereocenters. The Kier molecular flexibility index (Phi) is 10.3. The molecular weight excluding hydrogens is 551 g/mol. The molecule has 0 aromatic heterocycles. The first-order valence-electron chi connectivity index (χ1n) is 13.3. The van der Waals surface area contributed by atoms with Crippen LogP contribution in [-0.2, 0) is 27.2 Å². The minimum absolute atomic E-state index is 0.0122. The van der Waals surface area contributed by atoms with Crippen molar-refractivity contribution in [2.24, 2.45) is 5.73 Å². The van der Waals surface area contributed by atoms with Crippen LogP contribution in [0.25, 0.3) is 0 Å². The minimum atomic E-state index is -5.08. The molecule has 0 radical (unpaired) electrons. The Labute approximate surface area is 242 Å². The Bertz CT molecular complexity index is 1420. The second kappa shape index (κ2) is 13.5. The van der Waals surface area contributed by atoms with E-state index < -0.39 is 18.2 Å². The average molecular weight is 586 g/mol. The van der Waals surface area contributed by atoms with E-state index in [1.165, 1.54) is 5.56 Å². The average Bonchev–Trinajstić information content (AvgIpc) is 2.91. The van der Waals surface area contributed by atoms with Gasteiger partial charge >= 0.3 is 12.1 Å². The van der Waals surface area contributed by atoms with Crippen LogP contribution in [0.15, 0.2) is 60.7 Å². The number of aromatic hydroxyl groups is 1. The summed E-state index contributed by atoms with van der Waals surface area (Å²) >= 11 is 0. The quantitative estimate of drug-likeness (QED) is 0.331. The third-order valence-electron chi connectivity index (χ3n) is 7.03. The number of carbonyl (C=O) groups is 3. The Morgan fingerprint density at radius 3 is 2.17 bits per heavy atom. The number of nitrogens with two attached hydrogens (primary N) is 1. The maximum atomic E-state index is 13.1. The van der Waals surface area contributed by atoms with Gasteiger partial charge in [0.25, 0.3) is 0 Å². The first-order chi connectivity index (χ1) is 19.7. The Morgan fingerprint density at radius 1 is 1.02 bits per heavy atom. The minimum Gasteiger partial charge on any atom is -0.508 e. The molecule has 8 nitrogen and oxygen atoms in total. The summed E-state index contributed by atoms with van der Waals surface area (Å²) in [5.74, 6) is -2.78. The molecule has 0 saturated carbocycles. The Balaban J connectivity index is 0.000000616. The number of hydrogen-bond acceptors (Lipinski definition) is 5. The molecule has 1 heterocycles. The Hall–Kier alpha value is -4.38. The number of aliphatic carboxylic acids is 1. The van der Waals surface area contributed by atoms with Crippen LogP contribution in [-0.4, -0.2) is 46.8 Å². The van der Waals surface area contributed by atoms with Crippen LogP contribution in [0.1, 0.15) is 52.8 Å². The van der Waals surface area contributed by atoms with Crippen LogP contribution in [0.4, 0.5) is 18.9 Å². The van der Waals surface area contributed by atoms with Crippen LogP contribution >= 0.6 is 0 Å². The molecule has 0 bridgehead atoms. The number of anilines is 1. The van der Waals surface area contributed by atoms with Crippen LogP contribution in [0, 0.1) is 13.8 Å². The molecule has 3 aromatic carbocycles. The molecule has 0 saturated heterocycles. The first kappa shape index (κ1) is 32.1. The highest BCUT2D eigenvalue weighted by Gasteiger charge is 2.38. The van der Waals surface area contributed by atoms with E-state index in [4.69, 9.17) is 15.6 Å². The lowest BCUT2D eigenvalue weighted by Crippen LogP contribution is -2.46. The van der Waals surface area contributed by atoms with Gasteiger partial charge in [-0.05, 0) is 84.7 Å². The van der Waals surface area contributed by atoms with Gasteiger partial charge in [-0.3, -0.25) is 9.59 Å². The number of halogens is 3. The van der Waals surface area contributed by atoms with Crippen LogP contribution in [0.2, 0.25) is 0 Å². The fraction of sp³-hybridized carbons (Fsp3) is 0.323. The number of nitrogens with zero attached hydrogens (tertiary/aromatic N) is 1. The second-order valence-corrected chi connectivity index (χ2v) is 10.2. The number of nitrogens with one attached hydrogen (secondary N) is 1. The number of phenols is 1. The zero-order valence-corrected chi connectivity index (χ0v) is 23.5. The number of carboxylic acids is 1. The Morgan fingerprint density at radius 2 is 1.62 bits per heavy atom. The van der Waals surface area contributed by atoms with E-state index in [2.05, 4.69) is 23.5 Å². The summed E-state index contributed by atoms with van der Waals surface area (Å²) in [6.07, 6.45) is -3.30. The fourth-order valence-corrected chi connectivity index (χ4v) is 4.97. The lowest BCUT2D eigenvalue weighted by atomic mass is 9.91. The van der Waals surface area contributed by atoms with Crippen molar-refractivity contribution in [1.82, 2.24) is 5.32 Å². The van der Waals surface area contributed by atoms with Gasteiger partial charge in [-0.25, -0.2) is 4.79 Å². The molecule has 0 unspecified atom stereocenters. The molecule has 4 rings (SSSR count). The van der Waals surface area contributed by atoms with E-state index in [1.807, 2.05) is 44.2 Å². The molecule has 42 heavy (non-hydrogen) atoms. The summed E-state index contributed by atoms with van der Waals surface area (Å²) in [6.45, 7) is 5.93. The van der Waals surface area contributed by atoms with E-state index in [0.29, 0.717) is 19.4 Å². The molecule has 3 aromatic rings. The molecule has 11 heteroatoms. The first-order valence-corrected chi connectivity index (χ1v) is 13.3. The molecule has 0 spiro atoms. The number of benzene rings is 3. The van der Waals surface area contributed by atoms with E-state index in [9.17, 15) is 27.9 Å². The summed E-state index contributed by atoms with van der Waals surface area (Å²) in [7, 11) is 0. The lowest BCUT2D eigenvalue weighted by molar-refractivity contribution is -0.192. The van der Waals surface area contributed by atoms with Gasteiger partial charge in [0.05, 0.1) is 12.1 Å². The number of carboxylic acid groups (broad SMARTS) is 1. The molecule has 0 aliphatic carbocycles.